The van der Waals surface area contributed by atoms with Crippen LogP contribution in [0.1, 0.15) is 56.9 Å². The van der Waals surface area contributed by atoms with E-state index in [0.29, 0.717) is 25.9 Å². The maximum absolute atomic E-state index is 13.0. The monoisotopic (exact) mass is 408 g/mol. The number of hydrogen-bond donors (Lipinski definition) is 0. The fraction of sp³-hybridized carbons (Fsp3) is 0.727. The topological polar surface area (TPSA) is 42.4 Å². The number of ether oxygens (including phenoxy) is 1. The smallest absolute Gasteiger partial charge is 0.416 e. The molecule has 158 valence electrons. The van der Waals surface area contributed by atoms with Gasteiger partial charge in [0.2, 0.25) is 11.8 Å². The number of rotatable bonds is 4. The van der Waals surface area contributed by atoms with Crippen LogP contribution in [0.5, 0.6) is 5.88 Å². The zero-order valence-corrected chi connectivity index (χ0v) is 16.5. The molecule has 2 heterocycles. The summed E-state index contributed by atoms with van der Waals surface area (Å²) in [6, 6.07) is 1.86. The highest BCUT2D eigenvalue weighted by molar-refractivity contribution is 5.77. The first-order chi connectivity index (χ1) is 13.8. The molecule has 4 nitrogen and oxygen atoms in total. The number of carbonyl (C=O) groups is 1. The van der Waals surface area contributed by atoms with Crippen molar-refractivity contribution in [3.8, 4) is 5.88 Å². The Morgan fingerprint density at radius 3 is 2.45 bits per heavy atom. The van der Waals surface area contributed by atoms with Crippen molar-refractivity contribution in [1.29, 1.82) is 0 Å². The molecule has 4 bridgehead atoms. The summed E-state index contributed by atoms with van der Waals surface area (Å²) in [5, 5.41) is 0. The number of halogens is 3. The molecule has 4 aliphatic carbocycles. The van der Waals surface area contributed by atoms with Crippen LogP contribution in [0, 0.1) is 23.2 Å². The highest BCUT2D eigenvalue weighted by Crippen LogP contribution is 2.61. The van der Waals surface area contributed by atoms with Gasteiger partial charge in [0.05, 0.1) is 12.1 Å². The molecule has 0 spiro atoms. The van der Waals surface area contributed by atoms with Gasteiger partial charge in [0.1, 0.15) is 6.10 Å². The van der Waals surface area contributed by atoms with Gasteiger partial charge in [-0.2, -0.15) is 13.2 Å². The number of pyridine rings is 1. The van der Waals surface area contributed by atoms with Crippen molar-refractivity contribution in [2.24, 2.45) is 23.2 Å². The lowest BCUT2D eigenvalue weighted by Gasteiger charge is -2.56. The van der Waals surface area contributed by atoms with Gasteiger partial charge < -0.3 is 9.64 Å². The molecule has 1 aromatic heterocycles. The zero-order chi connectivity index (χ0) is 20.2. The lowest BCUT2D eigenvalue weighted by molar-refractivity contribution is -0.139. The number of hydrogen-bond acceptors (Lipinski definition) is 3. The number of likely N-dealkylation sites (tertiary alicyclic amines) is 1. The fourth-order valence-corrected chi connectivity index (χ4v) is 6.81. The Hall–Kier alpha value is -1.79. The van der Waals surface area contributed by atoms with Gasteiger partial charge in [-0.1, -0.05) is 0 Å². The first-order valence-corrected chi connectivity index (χ1v) is 10.8. The highest BCUT2D eigenvalue weighted by Gasteiger charge is 2.52. The molecule has 1 aliphatic heterocycles. The maximum atomic E-state index is 13.0. The largest absolute Gasteiger partial charge is 0.472 e. The summed E-state index contributed by atoms with van der Waals surface area (Å²) < 4.78 is 44.3. The van der Waals surface area contributed by atoms with E-state index in [1.54, 1.807) is 0 Å². The van der Waals surface area contributed by atoms with E-state index >= 15 is 0 Å². The second-order valence-electron chi connectivity index (χ2n) is 9.84. The molecule has 29 heavy (non-hydrogen) atoms. The SMILES string of the molecule is O=C(CC12CC3CC(CC(C3)C1)C2)N1CCC(Oc2cc(C(F)(F)F)ccn2)C1. The molecule has 1 saturated heterocycles. The van der Waals surface area contributed by atoms with Crippen LogP contribution in [0.3, 0.4) is 0 Å². The van der Waals surface area contributed by atoms with Crippen LogP contribution in [-0.2, 0) is 11.0 Å². The van der Waals surface area contributed by atoms with Crippen LogP contribution in [0.25, 0.3) is 0 Å². The van der Waals surface area contributed by atoms with E-state index in [9.17, 15) is 18.0 Å². The Morgan fingerprint density at radius 2 is 1.83 bits per heavy atom. The van der Waals surface area contributed by atoms with E-state index in [-0.39, 0.29) is 23.3 Å². The van der Waals surface area contributed by atoms with Crippen molar-refractivity contribution in [1.82, 2.24) is 9.88 Å². The Bertz CT molecular complexity index is 759. The summed E-state index contributed by atoms with van der Waals surface area (Å²) in [6.45, 7) is 1.04. The number of carbonyl (C=O) groups excluding carboxylic acids is 1. The van der Waals surface area contributed by atoms with E-state index in [4.69, 9.17) is 4.74 Å². The third-order valence-corrected chi connectivity index (χ3v) is 7.54. The van der Waals surface area contributed by atoms with E-state index < -0.39 is 11.7 Å². The second-order valence-corrected chi connectivity index (χ2v) is 9.84. The number of alkyl halides is 3. The highest BCUT2D eigenvalue weighted by atomic mass is 19.4. The first-order valence-electron chi connectivity index (χ1n) is 10.8. The summed E-state index contributed by atoms with van der Waals surface area (Å²) in [5.41, 5.74) is -0.567. The molecular formula is C22H27F3N2O2. The Labute approximate surface area is 168 Å². The Morgan fingerprint density at radius 1 is 1.17 bits per heavy atom. The van der Waals surface area contributed by atoms with Crippen LogP contribution in [0.2, 0.25) is 0 Å². The summed E-state index contributed by atoms with van der Waals surface area (Å²) in [6.07, 6.45) is 5.33. The molecule has 1 unspecified atom stereocenters. The average molecular weight is 408 g/mol. The molecule has 6 rings (SSSR count). The molecule has 5 fully saturated rings. The van der Waals surface area contributed by atoms with Crippen molar-refractivity contribution >= 4 is 5.91 Å². The number of amides is 1. The fourth-order valence-electron chi connectivity index (χ4n) is 6.81. The van der Waals surface area contributed by atoms with Gasteiger partial charge >= 0.3 is 6.18 Å². The van der Waals surface area contributed by atoms with E-state index in [1.807, 2.05) is 4.90 Å². The third kappa shape index (κ3) is 3.84. The molecule has 5 aliphatic rings. The second kappa shape index (κ2) is 6.88. The van der Waals surface area contributed by atoms with Gasteiger partial charge in [-0.3, -0.25) is 4.79 Å². The summed E-state index contributed by atoms with van der Waals surface area (Å²) >= 11 is 0. The molecule has 1 atom stereocenters. The van der Waals surface area contributed by atoms with Gasteiger partial charge in [-0.05, 0) is 67.8 Å². The van der Waals surface area contributed by atoms with Crippen LogP contribution in [-0.4, -0.2) is 35.0 Å². The predicted octanol–water partition coefficient (Wildman–Crippen LogP) is 4.69. The van der Waals surface area contributed by atoms with Gasteiger partial charge in [-0.25, -0.2) is 4.98 Å². The first kappa shape index (κ1) is 19.2. The van der Waals surface area contributed by atoms with Crippen molar-refractivity contribution < 1.29 is 22.7 Å². The lowest BCUT2D eigenvalue weighted by atomic mass is 9.49. The van der Waals surface area contributed by atoms with E-state index in [1.165, 1.54) is 38.5 Å². The Kier molecular flexibility index (Phi) is 4.55. The zero-order valence-electron chi connectivity index (χ0n) is 16.5. The quantitative estimate of drug-likeness (QED) is 0.726. The maximum Gasteiger partial charge on any atom is 0.416 e. The number of nitrogens with zero attached hydrogens (tertiary/aromatic N) is 2. The van der Waals surface area contributed by atoms with Crippen molar-refractivity contribution in [3.63, 3.8) is 0 Å². The summed E-state index contributed by atoms with van der Waals surface area (Å²) in [7, 11) is 0. The summed E-state index contributed by atoms with van der Waals surface area (Å²) in [5.74, 6) is 2.61. The van der Waals surface area contributed by atoms with Crippen molar-refractivity contribution in [2.45, 2.75) is 63.6 Å². The molecule has 4 saturated carbocycles. The molecule has 1 aromatic rings. The van der Waals surface area contributed by atoms with Gasteiger partial charge in [-0.15, -0.1) is 0 Å². The van der Waals surface area contributed by atoms with Crippen LogP contribution in [0.15, 0.2) is 18.3 Å². The molecule has 0 N–H and O–H groups in total. The van der Waals surface area contributed by atoms with Gasteiger partial charge in [0.15, 0.2) is 0 Å². The van der Waals surface area contributed by atoms with Crippen LogP contribution in [0.4, 0.5) is 13.2 Å². The van der Waals surface area contributed by atoms with E-state index in [2.05, 4.69) is 4.98 Å². The van der Waals surface area contributed by atoms with Crippen LogP contribution >= 0.6 is 0 Å². The van der Waals surface area contributed by atoms with E-state index in [0.717, 1.165) is 36.1 Å². The van der Waals surface area contributed by atoms with Gasteiger partial charge in [0, 0.05) is 31.6 Å². The average Bonchev–Trinajstić information content (AvgIpc) is 3.08. The normalized spacial score (nSPS) is 35.9. The van der Waals surface area contributed by atoms with Crippen molar-refractivity contribution in [3.05, 3.63) is 23.9 Å². The molecular weight excluding hydrogens is 381 g/mol. The van der Waals surface area contributed by atoms with Crippen molar-refractivity contribution in [2.75, 3.05) is 13.1 Å². The number of aromatic nitrogens is 1. The van der Waals surface area contributed by atoms with Crippen LogP contribution < -0.4 is 4.74 Å². The molecule has 0 radical (unpaired) electrons. The molecule has 1 amide bonds. The molecule has 0 aromatic carbocycles. The minimum Gasteiger partial charge on any atom is -0.472 e. The molecule has 7 heteroatoms. The minimum atomic E-state index is -4.42. The lowest BCUT2D eigenvalue weighted by Crippen LogP contribution is -2.48. The minimum absolute atomic E-state index is 0.0276. The summed E-state index contributed by atoms with van der Waals surface area (Å²) in [4.78, 5) is 18.8. The predicted molar refractivity (Wildman–Crippen MR) is 100 cm³/mol. The van der Waals surface area contributed by atoms with Gasteiger partial charge in [0.25, 0.3) is 0 Å². The standard InChI is InChI=1S/C22H27F3N2O2/c23-22(24,25)17-1-3-26-19(8-17)29-18-2-4-27(13-18)20(28)12-21-9-14-5-15(10-21)7-16(6-14)11-21/h1,3,8,14-16,18H,2,4-7,9-13H2. The Balaban J connectivity index is 1.19. The third-order valence-electron chi connectivity index (χ3n) is 7.54.